The third-order valence-corrected chi connectivity index (χ3v) is 11.9. The summed E-state index contributed by atoms with van der Waals surface area (Å²) in [6, 6.07) is 0. The molecule has 0 spiro atoms. The summed E-state index contributed by atoms with van der Waals surface area (Å²) in [4.78, 5) is 71.3. The van der Waals surface area contributed by atoms with Crippen molar-refractivity contribution in [2.45, 2.75) is 105 Å². The third kappa shape index (κ3) is 9.15. The number of phenolic OH excluding ortho intramolecular Hbond substituents is 1. The van der Waals surface area contributed by atoms with Gasteiger partial charge in [0.15, 0.2) is 5.78 Å². The van der Waals surface area contributed by atoms with Gasteiger partial charge >= 0.3 is 11.8 Å². The maximum Gasteiger partial charge on any atom is 0.312 e. The number of amides is 1. The summed E-state index contributed by atoms with van der Waals surface area (Å²) in [6.45, 7) is 13.8. The van der Waals surface area contributed by atoms with Crippen molar-refractivity contribution in [2.75, 3.05) is 20.2 Å². The number of likely N-dealkylation sites (tertiary alicyclic amines) is 1. The second kappa shape index (κ2) is 18.9. The lowest BCUT2D eigenvalue weighted by molar-refractivity contribution is -0.160. The Morgan fingerprint density at radius 2 is 1.62 bits per heavy atom. The summed E-state index contributed by atoms with van der Waals surface area (Å²) in [6.07, 6.45) is 8.90. The van der Waals surface area contributed by atoms with Crippen molar-refractivity contribution in [2.24, 2.45) is 33.9 Å². The molecule has 1 amide bonds. The minimum absolute atomic E-state index is 0.0269. The molecule has 16 heteroatoms. The second-order valence-electron chi connectivity index (χ2n) is 16.2. The zero-order valence-corrected chi connectivity index (χ0v) is 35.6. The number of piperidine rings is 1. The highest BCUT2D eigenvalue weighted by Crippen LogP contribution is 2.48. The zero-order valence-electron chi connectivity index (χ0n) is 35.6. The number of hydrogen-bond donors (Lipinski definition) is 4. The van der Waals surface area contributed by atoms with Crippen LogP contribution in [0.15, 0.2) is 57.6 Å². The van der Waals surface area contributed by atoms with Crippen LogP contribution < -0.4 is 10.1 Å². The van der Waals surface area contributed by atoms with Gasteiger partial charge in [0.2, 0.25) is 5.78 Å². The van der Waals surface area contributed by atoms with Gasteiger partial charge in [-0.05, 0) is 39.2 Å². The number of ketones is 3. The summed E-state index contributed by atoms with van der Waals surface area (Å²) in [5, 5.41) is 45.0. The molecule has 1 saturated heterocycles. The fourth-order valence-electron chi connectivity index (χ4n) is 8.07. The predicted octanol–water partition coefficient (Wildman–Crippen LogP) is 4.50. The molecule has 1 aromatic carbocycles. The number of hydrogen-bond acceptors (Lipinski definition) is 14. The van der Waals surface area contributed by atoms with E-state index in [0.717, 1.165) is 44.8 Å². The predicted molar refractivity (Wildman–Crippen MR) is 221 cm³/mol. The van der Waals surface area contributed by atoms with Crippen molar-refractivity contribution in [1.82, 2.24) is 10.2 Å². The molecule has 4 aliphatic heterocycles. The van der Waals surface area contributed by atoms with Crippen molar-refractivity contribution in [1.29, 1.82) is 0 Å². The molecule has 5 aliphatic rings. The van der Waals surface area contributed by atoms with E-state index in [9.17, 15) is 39.3 Å². The lowest BCUT2D eigenvalue weighted by atomic mass is 9.78. The first-order valence-corrected chi connectivity index (χ1v) is 20.2. The smallest absolute Gasteiger partial charge is 0.312 e. The maximum atomic E-state index is 14.6. The standard InChI is InChI=1S/C44H56N4O12/c1-22-14-13-15-23(2)43(56)47-34-29(20-45-46-21-48-17-11-10-12-18-48)38(53)31-32(39(34)54)37(52)27(6)41-33(31)42(55)44(8,60-41)58-19-16-30(57-9)24(3)40(59-28(7)49)26(5)36(51)25(4)35(22)50/h13-16,19-22,24-26,30,35-36,40,50-52H,10-12,17-18H2,1-9H3,(H,47,56)/b14-13+,19-16+,23-15-,45-20?,46-21+/t22-,24+,25+,26+,30-,35-,36+,40+,44-/m0/s1. The fourth-order valence-corrected chi connectivity index (χ4v) is 8.07. The number of allylic oxidation sites excluding steroid dienone is 4. The van der Waals surface area contributed by atoms with Crippen LogP contribution in [0.25, 0.3) is 0 Å². The third-order valence-electron chi connectivity index (χ3n) is 11.9. The van der Waals surface area contributed by atoms with Crippen LogP contribution in [-0.2, 0) is 23.8 Å². The highest BCUT2D eigenvalue weighted by atomic mass is 16.7. The van der Waals surface area contributed by atoms with Gasteiger partial charge in [-0.3, -0.25) is 24.0 Å². The molecule has 60 heavy (non-hydrogen) atoms. The quantitative estimate of drug-likeness (QED) is 0.139. The molecule has 6 rings (SSSR count). The van der Waals surface area contributed by atoms with Gasteiger partial charge in [-0.25, -0.2) is 0 Å². The van der Waals surface area contributed by atoms with Crippen LogP contribution in [0.1, 0.15) is 104 Å². The number of phenols is 1. The summed E-state index contributed by atoms with van der Waals surface area (Å²) < 4.78 is 23.5. The van der Waals surface area contributed by atoms with Gasteiger partial charge in [0.25, 0.3) is 11.7 Å². The minimum atomic E-state index is -2.11. The Balaban J connectivity index is 1.65. The average molecular weight is 833 g/mol. The molecule has 5 bridgehead atoms. The summed E-state index contributed by atoms with van der Waals surface area (Å²) >= 11 is 0. The lowest BCUT2D eigenvalue weighted by Crippen LogP contribution is -2.46. The van der Waals surface area contributed by atoms with E-state index in [1.165, 1.54) is 53.3 Å². The Hall–Kier alpha value is -5.45. The maximum absolute atomic E-state index is 14.6. The normalized spacial score (nSPS) is 32.7. The molecular formula is C44H56N4O12. The molecule has 1 aromatic rings. The number of aliphatic hydroxyl groups is 2. The van der Waals surface area contributed by atoms with Gasteiger partial charge < -0.3 is 44.5 Å². The average Bonchev–Trinajstić information content (AvgIpc) is 3.48. The number of aromatic hydroxyl groups is 1. The molecule has 4 N–H and O–H groups in total. The number of benzene rings is 1. The number of methoxy groups -OCH3 is 1. The number of nitrogens with zero attached hydrogens (tertiary/aromatic N) is 3. The van der Waals surface area contributed by atoms with E-state index in [0.29, 0.717) is 0 Å². The number of rotatable bonds is 5. The van der Waals surface area contributed by atoms with E-state index in [1.54, 1.807) is 39.8 Å². The number of carbonyl (C=O) groups excluding carboxylic acids is 5. The number of aliphatic hydroxyl groups excluding tert-OH is 2. The highest BCUT2D eigenvalue weighted by molar-refractivity contribution is 6.37. The molecule has 0 radical (unpaired) electrons. The van der Waals surface area contributed by atoms with E-state index >= 15 is 0 Å². The van der Waals surface area contributed by atoms with Crippen molar-refractivity contribution < 1.29 is 58.2 Å². The van der Waals surface area contributed by atoms with E-state index in [4.69, 9.17) is 18.9 Å². The number of ether oxygens (including phenoxy) is 4. The number of Topliss-reactive ketones (excluding diaryl/α,β-unsaturated/α-hetero) is 3. The molecule has 0 saturated carbocycles. The first-order chi connectivity index (χ1) is 28.3. The molecule has 1 fully saturated rings. The molecule has 0 aromatic heterocycles. The van der Waals surface area contributed by atoms with E-state index in [1.807, 2.05) is 4.90 Å². The monoisotopic (exact) mass is 832 g/mol. The van der Waals surface area contributed by atoms with Crippen molar-refractivity contribution in [3.05, 3.63) is 69.7 Å². The Kier molecular flexibility index (Phi) is 14.3. The number of fused-ring (bicyclic) bond motifs is 14. The second-order valence-corrected chi connectivity index (χ2v) is 16.2. The summed E-state index contributed by atoms with van der Waals surface area (Å²) in [5.41, 5.74) is -2.07. The van der Waals surface area contributed by atoms with Crippen LogP contribution in [-0.4, -0.2) is 112 Å². The first-order valence-electron chi connectivity index (χ1n) is 20.2. The van der Waals surface area contributed by atoms with Crippen LogP contribution in [0, 0.1) is 30.6 Å². The number of nitrogens with one attached hydrogen (secondary N) is 1. The highest BCUT2D eigenvalue weighted by Gasteiger charge is 2.52. The van der Waals surface area contributed by atoms with E-state index in [-0.39, 0.29) is 28.0 Å². The van der Waals surface area contributed by atoms with Crippen LogP contribution in [0.5, 0.6) is 11.5 Å². The SMILES string of the molecule is CO[C@H]1/C=C/O[C@@]2(C)Oc3c(C)c(O)c4c(c3C2=O)C(=O)C(C=N/N=C/N2CCCCC2)=C(NC(=O)/C(C)=C\C=C\[C@H](C)[C@H](O)[C@@H](C)[C@@H](O)[C@@H](C)[C@H](OC(C)=O)[C@@H]1C)C4=O. The molecule has 4 heterocycles. The molecular weight excluding hydrogens is 776 g/mol. The number of carbonyl (C=O) groups is 5. The topological polar surface area (TPSA) is 223 Å². The van der Waals surface area contributed by atoms with Crippen molar-refractivity contribution in [3.63, 3.8) is 0 Å². The molecule has 324 valence electrons. The molecule has 16 nitrogen and oxygen atoms in total. The lowest BCUT2D eigenvalue weighted by Gasteiger charge is -2.38. The molecule has 9 atom stereocenters. The zero-order chi connectivity index (χ0) is 44.2. The molecule has 0 unspecified atom stereocenters. The Morgan fingerprint density at radius 3 is 2.27 bits per heavy atom. The largest absolute Gasteiger partial charge is 0.507 e. The van der Waals surface area contributed by atoms with Crippen LogP contribution in [0.3, 0.4) is 0 Å². The van der Waals surface area contributed by atoms with E-state index in [2.05, 4.69) is 15.5 Å². The van der Waals surface area contributed by atoms with Gasteiger partial charge in [-0.15, -0.1) is 5.10 Å². The fraction of sp³-hybridized carbons (Fsp3) is 0.523. The van der Waals surface area contributed by atoms with Crippen LogP contribution in [0.4, 0.5) is 0 Å². The first kappa shape index (κ1) is 45.6. The molecule has 1 aliphatic carbocycles. The number of esters is 1. The van der Waals surface area contributed by atoms with Gasteiger partial charge in [0.05, 0.1) is 53.1 Å². The van der Waals surface area contributed by atoms with E-state index < -0.39 is 106 Å². The van der Waals surface area contributed by atoms with Crippen LogP contribution in [0.2, 0.25) is 0 Å². The summed E-state index contributed by atoms with van der Waals surface area (Å²) in [7, 11) is 1.42. The summed E-state index contributed by atoms with van der Waals surface area (Å²) in [5.74, 6) is -9.56. The Morgan fingerprint density at radius 1 is 0.933 bits per heavy atom. The van der Waals surface area contributed by atoms with Gasteiger partial charge in [0.1, 0.15) is 29.6 Å². The van der Waals surface area contributed by atoms with Crippen LogP contribution >= 0.6 is 0 Å². The van der Waals surface area contributed by atoms with Gasteiger partial charge in [0, 0.05) is 68.9 Å². The van der Waals surface area contributed by atoms with Crippen molar-refractivity contribution >= 4 is 41.8 Å². The minimum Gasteiger partial charge on any atom is -0.507 e. The Bertz CT molecular complexity index is 2080. The Labute approximate surface area is 349 Å². The van der Waals surface area contributed by atoms with Gasteiger partial charge in [-0.1, -0.05) is 45.9 Å². The van der Waals surface area contributed by atoms with Gasteiger partial charge in [-0.2, -0.15) is 5.10 Å². The van der Waals surface area contributed by atoms with Crippen molar-refractivity contribution in [3.8, 4) is 11.5 Å².